The highest BCUT2D eigenvalue weighted by atomic mass is 19.1. The van der Waals surface area contributed by atoms with E-state index in [2.05, 4.69) is 5.32 Å². The molecule has 0 spiro atoms. The van der Waals surface area contributed by atoms with E-state index >= 15 is 0 Å². The average Bonchev–Trinajstić information content (AvgIpc) is 2.67. The Morgan fingerprint density at radius 2 is 1.78 bits per heavy atom. The molecule has 0 saturated heterocycles. The quantitative estimate of drug-likeness (QED) is 0.688. The molecule has 0 atom stereocenters. The fourth-order valence-corrected chi connectivity index (χ4v) is 2.59. The first-order valence-electron chi connectivity index (χ1n) is 8.57. The van der Waals surface area contributed by atoms with E-state index in [0.29, 0.717) is 17.0 Å². The van der Waals surface area contributed by atoms with Gasteiger partial charge in [-0.2, -0.15) is 0 Å². The van der Waals surface area contributed by atoms with E-state index in [-0.39, 0.29) is 18.3 Å². The number of carbonyl (C=O) groups excluding carboxylic acids is 1. The van der Waals surface area contributed by atoms with Gasteiger partial charge in [0.25, 0.3) is 5.91 Å². The van der Waals surface area contributed by atoms with Crippen LogP contribution in [0.25, 0.3) is 0 Å². The van der Waals surface area contributed by atoms with Gasteiger partial charge in [0, 0.05) is 37.1 Å². The van der Waals surface area contributed by atoms with Crippen LogP contribution in [0.4, 0.5) is 15.8 Å². The normalized spacial score (nSPS) is 10.3. The van der Waals surface area contributed by atoms with Crippen molar-refractivity contribution in [2.75, 3.05) is 24.3 Å². The van der Waals surface area contributed by atoms with Crippen molar-refractivity contribution in [1.82, 2.24) is 0 Å². The maximum atomic E-state index is 13.2. The average molecular weight is 364 g/mol. The van der Waals surface area contributed by atoms with Crippen molar-refractivity contribution in [2.24, 2.45) is 0 Å². The Bertz CT molecular complexity index is 941. The molecule has 3 aromatic carbocycles. The predicted molar refractivity (Wildman–Crippen MR) is 106 cm³/mol. The second-order valence-corrected chi connectivity index (χ2v) is 6.35. The van der Waals surface area contributed by atoms with Crippen LogP contribution in [0.2, 0.25) is 0 Å². The van der Waals surface area contributed by atoms with Crippen LogP contribution in [0.5, 0.6) is 5.75 Å². The number of ether oxygens (including phenoxy) is 1. The molecule has 0 heterocycles. The molecule has 1 amide bonds. The van der Waals surface area contributed by atoms with Crippen LogP contribution < -0.4 is 15.0 Å². The minimum Gasteiger partial charge on any atom is -0.489 e. The standard InChI is InChI=1S/C22H21FN2O2/c1-25(2)20-10-4-7-17(13-20)22(26)24-19-9-3-6-16(12-19)15-27-21-11-5-8-18(23)14-21/h3-14H,15H2,1-2H3,(H,24,26). The van der Waals surface area contributed by atoms with Crippen LogP contribution in [-0.4, -0.2) is 20.0 Å². The van der Waals surface area contributed by atoms with E-state index in [1.165, 1.54) is 12.1 Å². The van der Waals surface area contributed by atoms with Gasteiger partial charge in [0.2, 0.25) is 0 Å². The monoisotopic (exact) mass is 364 g/mol. The highest BCUT2D eigenvalue weighted by Gasteiger charge is 2.08. The third kappa shape index (κ3) is 5.07. The first kappa shape index (κ1) is 18.5. The van der Waals surface area contributed by atoms with E-state index < -0.39 is 0 Å². The number of carbonyl (C=O) groups is 1. The fourth-order valence-electron chi connectivity index (χ4n) is 2.59. The summed E-state index contributed by atoms with van der Waals surface area (Å²) >= 11 is 0. The second-order valence-electron chi connectivity index (χ2n) is 6.35. The summed E-state index contributed by atoms with van der Waals surface area (Å²) in [5.41, 5.74) is 3.09. The highest BCUT2D eigenvalue weighted by Crippen LogP contribution is 2.18. The Morgan fingerprint density at radius 3 is 2.56 bits per heavy atom. The van der Waals surface area contributed by atoms with E-state index in [1.807, 2.05) is 61.5 Å². The first-order valence-corrected chi connectivity index (χ1v) is 8.57. The molecule has 138 valence electrons. The van der Waals surface area contributed by atoms with Crippen molar-refractivity contribution in [3.8, 4) is 5.75 Å². The third-order valence-electron chi connectivity index (χ3n) is 4.01. The summed E-state index contributed by atoms with van der Waals surface area (Å²) < 4.78 is 18.8. The van der Waals surface area contributed by atoms with Crippen molar-refractivity contribution in [1.29, 1.82) is 0 Å². The Balaban J connectivity index is 1.66. The van der Waals surface area contributed by atoms with Gasteiger partial charge in [-0.05, 0) is 48.0 Å². The molecule has 0 aliphatic carbocycles. The predicted octanol–water partition coefficient (Wildman–Crippen LogP) is 4.72. The van der Waals surface area contributed by atoms with Crippen LogP contribution in [0, 0.1) is 5.82 Å². The number of anilines is 2. The number of rotatable bonds is 6. The summed E-state index contributed by atoms with van der Waals surface area (Å²) in [5.74, 6) is -0.0553. The number of nitrogens with one attached hydrogen (secondary N) is 1. The second kappa shape index (κ2) is 8.36. The van der Waals surface area contributed by atoms with Gasteiger partial charge >= 0.3 is 0 Å². The molecule has 0 fully saturated rings. The molecule has 0 aliphatic rings. The van der Waals surface area contributed by atoms with Crippen LogP contribution in [0.1, 0.15) is 15.9 Å². The van der Waals surface area contributed by atoms with Gasteiger partial charge in [0.05, 0.1) is 0 Å². The number of benzene rings is 3. The molecule has 5 heteroatoms. The number of hydrogen-bond acceptors (Lipinski definition) is 3. The minimum atomic E-state index is -0.339. The molecule has 0 unspecified atom stereocenters. The van der Waals surface area contributed by atoms with Crippen molar-refractivity contribution >= 4 is 17.3 Å². The lowest BCUT2D eigenvalue weighted by Gasteiger charge is -2.14. The zero-order valence-electron chi connectivity index (χ0n) is 15.3. The van der Waals surface area contributed by atoms with E-state index in [0.717, 1.165) is 11.3 Å². The highest BCUT2D eigenvalue weighted by molar-refractivity contribution is 6.04. The van der Waals surface area contributed by atoms with Gasteiger partial charge in [0.15, 0.2) is 0 Å². The van der Waals surface area contributed by atoms with Crippen LogP contribution in [0.3, 0.4) is 0 Å². The number of halogens is 1. The molecule has 0 bridgehead atoms. The fraction of sp³-hybridized carbons (Fsp3) is 0.136. The molecule has 3 aromatic rings. The van der Waals surface area contributed by atoms with Gasteiger partial charge in [-0.1, -0.05) is 24.3 Å². The van der Waals surface area contributed by atoms with Crippen LogP contribution in [-0.2, 0) is 6.61 Å². The smallest absolute Gasteiger partial charge is 0.255 e. The Kier molecular flexibility index (Phi) is 5.71. The van der Waals surface area contributed by atoms with Gasteiger partial charge in [-0.3, -0.25) is 4.79 Å². The first-order chi connectivity index (χ1) is 13.0. The molecule has 0 aromatic heterocycles. The minimum absolute atomic E-state index is 0.179. The van der Waals surface area contributed by atoms with Gasteiger partial charge < -0.3 is 15.0 Å². The molecule has 0 saturated carbocycles. The lowest BCUT2D eigenvalue weighted by Crippen LogP contribution is -2.14. The van der Waals surface area contributed by atoms with Crippen molar-refractivity contribution in [3.63, 3.8) is 0 Å². The zero-order chi connectivity index (χ0) is 19.2. The summed E-state index contributed by atoms with van der Waals surface area (Å²) in [5, 5.41) is 2.90. The molecule has 27 heavy (non-hydrogen) atoms. The lowest BCUT2D eigenvalue weighted by atomic mass is 10.1. The van der Waals surface area contributed by atoms with Crippen LogP contribution >= 0.6 is 0 Å². The molecular formula is C22H21FN2O2. The Labute approximate surface area is 158 Å². The summed E-state index contributed by atoms with van der Waals surface area (Å²) in [6.07, 6.45) is 0. The third-order valence-corrected chi connectivity index (χ3v) is 4.01. The summed E-state index contributed by atoms with van der Waals surface area (Å²) in [6, 6.07) is 20.8. The van der Waals surface area contributed by atoms with Gasteiger partial charge in [0.1, 0.15) is 18.2 Å². The molecular weight excluding hydrogens is 343 g/mol. The van der Waals surface area contributed by atoms with Crippen molar-refractivity contribution in [3.05, 3.63) is 89.7 Å². The lowest BCUT2D eigenvalue weighted by molar-refractivity contribution is 0.102. The van der Waals surface area contributed by atoms with E-state index in [4.69, 9.17) is 4.74 Å². The molecule has 1 N–H and O–H groups in total. The summed E-state index contributed by atoms with van der Waals surface area (Å²) in [4.78, 5) is 14.5. The number of hydrogen-bond donors (Lipinski definition) is 1. The van der Waals surface area contributed by atoms with E-state index in [9.17, 15) is 9.18 Å². The van der Waals surface area contributed by atoms with Crippen molar-refractivity contribution in [2.45, 2.75) is 6.61 Å². The van der Waals surface area contributed by atoms with Crippen LogP contribution in [0.15, 0.2) is 72.8 Å². The van der Waals surface area contributed by atoms with E-state index in [1.54, 1.807) is 18.2 Å². The summed E-state index contributed by atoms with van der Waals surface area (Å²) in [7, 11) is 3.86. The molecule has 3 rings (SSSR count). The number of amides is 1. The largest absolute Gasteiger partial charge is 0.489 e. The van der Waals surface area contributed by atoms with Gasteiger partial charge in [-0.15, -0.1) is 0 Å². The molecule has 4 nitrogen and oxygen atoms in total. The topological polar surface area (TPSA) is 41.6 Å². The van der Waals surface area contributed by atoms with Gasteiger partial charge in [-0.25, -0.2) is 4.39 Å². The Morgan fingerprint density at radius 1 is 1.00 bits per heavy atom. The molecule has 0 aliphatic heterocycles. The molecule has 0 radical (unpaired) electrons. The summed E-state index contributed by atoms with van der Waals surface area (Å²) in [6.45, 7) is 0.281. The zero-order valence-corrected chi connectivity index (χ0v) is 15.3. The Hall–Kier alpha value is -3.34. The maximum Gasteiger partial charge on any atom is 0.255 e. The number of nitrogens with zero attached hydrogens (tertiary/aromatic N) is 1. The SMILES string of the molecule is CN(C)c1cccc(C(=O)Nc2cccc(COc3cccc(F)c3)c2)c1. The maximum absolute atomic E-state index is 13.2. The van der Waals surface area contributed by atoms with Crippen molar-refractivity contribution < 1.29 is 13.9 Å².